The summed E-state index contributed by atoms with van der Waals surface area (Å²) in [7, 11) is 0. The number of rotatable bonds is 3. The smallest absolute Gasteiger partial charge is 0.274 e. The lowest BCUT2D eigenvalue weighted by Crippen LogP contribution is -2.40. The van der Waals surface area contributed by atoms with Crippen molar-refractivity contribution in [3.63, 3.8) is 0 Å². The molecule has 1 saturated heterocycles. The first-order chi connectivity index (χ1) is 13.0. The van der Waals surface area contributed by atoms with Gasteiger partial charge >= 0.3 is 0 Å². The van der Waals surface area contributed by atoms with Crippen LogP contribution < -0.4 is 0 Å². The molecule has 0 spiro atoms. The second-order valence-corrected chi connectivity index (χ2v) is 8.28. The van der Waals surface area contributed by atoms with Gasteiger partial charge in [0.2, 0.25) is 0 Å². The van der Waals surface area contributed by atoms with Gasteiger partial charge in [0, 0.05) is 23.1 Å². The fraction of sp³-hybridized carbons (Fsp3) is 0.263. The molecule has 0 radical (unpaired) electrons. The Morgan fingerprint density at radius 1 is 1.15 bits per heavy atom. The van der Waals surface area contributed by atoms with Gasteiger partial charge in [0.25, 0.3) is 5.91 Å². The van der Waals surface area contributed by atoms with E-state index >= 15 is 0 Å². The highest BCUT2D eigenvalue weighted by molar-refractivity contribution is 7.13. The lowest BCUT2D eigenvalue weighted by molar-refractivity contribution is 0.0541. The SMILES string of the molecule is O=C(c1cc(-c2cccs2)n(-c2cc(Cl)cc(Cl)c2)n1)N1CCC(O)CC1. The molecule has 140 valence electrons. The van der Waals surface area contributed by atoms with E-state index in [9.17, 15) is 9.90 Å². The first-order valence-electron chi connectivity index (χ1n) is 8.59. The van der Waals surface area contributed by atoms with Gasteiger partial charge in [-0.1, -0.05) is 29.3 Å². The van der Waals surface area contributed by atoms with Gasteiger partial charge in [-0.25, -0.2) is 4.68 Å². The van der Waals surface area contributed by atoms with E-state index in [-0.39, 0.29) is 12.0 Å². The van der Waals surface area contributed by atoms with Gasteiger partial charge in [-0.05, 0) is 48.6 Å². The predicted octanol–water partition coefficient (Wildman–Crippen LogP) is 4.50. The monoisotopic (exact) mass is 421 g/mol. The van der Waals surface area contributed by atoms with Crippen LogP contribution in [-0.2, 0) is 0 Å². The molecule has 5 nitrogen and oxygen atoms in total. The van der Waals surface area contributed by atoms with E-state index in [1.54, 1.807) is 45.2 Å². The van der Waals surface area contributed by atoms with E-state index in [0.29, 0.717) is 47.4 Å². The topological polar surface area (TPSA) is 58.4 Å². The molecule has 2 aromatic heterocycles. The lowest BCUT2D eigenvalue weighted by Gasteiger charge is -2.28. The standard InChI is InChI=1S/C19H17Cl2N3O2S/c20-12-8-13(21)10-14(9-12)24-17(18-2-1-7-27-18)11-16(22-24)19(26)23-5-3-15(25)4-6-23/h1-2,7-11,15,25H,3-6H2. The summed E-state index contributed by atoms with van der Waals surface area (Å²) in [6.45, 7) is 1.06. The third-order valence-electron chi connectivity index (χ3n) is 4.55. The Balaban J connectivity index is 1.75. The highest BCUT2D eigenvalue weighted by atomic mass is 35.5. The van der Waals surface area contributed by atoms with Crippen molar-refractivity contribution in [3.8, 4) is 16.3 Å². The second-order valence-electron chi connectivity index (χ2n) is 6.45. The van der Waals surface area contributed by atoms with Gasteiger partial charge in [-0.2, -0.15) is 5.10 Å². The molecule has 1 fully saturated rings. The van der Waals surface area contributed by atoms with E-state index in [1.165, 1.54) is 0 Å². The predicted molar refractivity (Wildman–Crippen MR) is 108 cm³/mol. The molecule has 0 aliphatic carbocycles. The van der Waals surface area contributed by atoms with Crippen LogP contribution in [0.1, 0.15) is 23.3 Å². The number of likely N-dealkylation sites (tertiary alicyclic amines) is 1. The number of aliphatic hydroxyl groups excluding tert-OH is 1. The van der Waals surface area contributed by atoms with E-state index < -0.39 is 0 Å². The van der Waals surface area contributed by atoms with E-state index in [1.807, 2.05) is 17.5 Å². The average Bonchev–Trinajstić information content (AvgIpc) is 3.30. The van der Waals surface area contributed by atoms with Crippen molar-refractivity contribution in [2.24, 2.45) is 0 Å². The van der Waals surface area contributed by atoms with Crippen LogP contribution in [-0.4, -0.2) is 44.9 Å². The number of aromatic nitrogens is 2. The van der Waals surface area contributed by atoms with Crippen molar-refractivity contribution in [2.45, 2.75) is 18.9 Å². The number of halogens is 2. The minimum absolute atomic E-state index is 0.133. The number of carbonyl (C=O) groups is 1. The summed E-state index contributed by atoms with van der Waals surface area (Å²) in [5.41, 5.74) is 1.87. The van der Waals surface area contributed by atoms with Crippen molar-refractivity contribution < 1.29 is 9.90 Å². The Labute approximate surface area is 170 Å². The maximum atomic E-state index is 12.9. The number of nitrogens with zero attached hydrogens (tertiary/aromatic N) is 3. The van der Waals surface area contributed by atoms with Crippen LogP contribution in [0.25, 0.3) is 16.3 Å². The molecule has 1 N–H and O–H groups in total. The number of thiophene rings is 1. The van der Waals surface area contributed by atoms with E-state index in [4.69, 9.17) is 23.2 Å². The Bertz CT molecular complexity index is 943. The molecule has 1 aliphatic heterocycles. The molecule has 8 heteroatoms. The fourth-order valence-electron chi connectivity index (χ4n) is 3.17. The van der Waals surface area contributed by atoms with Gasteiger partial charge in [0.15, 0.2) is 5.69 Å². The molecule has 3 heterocycles. The van der Waals surface area contributed by atoms with Crippen molar-refractivity contribution in [3.05, 3.63) is 57.5 Å². The number of piperidine rings is 1. The number of benzene rings is 1. The number of aliphatic hydroxyl groups is 1. The summed E-state index contributed by atoms with van der Waals surface area (Å²) in [4.78, 5) is 15.7. The summed E-state index contributed by atoms with van der Waals surface area (Å²) >= 11 is 13.9. The maximum absolute atomic E-state index is 12.9. The Hall–Kier alpha value is -1.86. The van der Waals surface area contributed by atoms with Gasteiger partial charge in [-0.15, -0.1) is 11.3 Å². The third-order valence-corrected chi connectivity index (χ3v) is 5.87. The molecular weight excluding hydrogens is 405 g/mol. The van der Waals surface area contributed by atoms with Crippen LogP contribution in [0, 0.1) is 0 Å². The van der Waals surface area contributed by atoms with Crippen LogP contribution in [0.4, 0.5) is 0 Å². The molecule has 0 atom stereocenters. The molecule has 0 bridgehead atoms. The first kappa shape index (κ1) is 18.5. The van der Waals surface area contributed by atoms with Crippen LogP contribution in [0.3, 0.4) is 0 Å². The zero-order chi connectivity index (χ0) is 19.0. The number of hydrogen-bond acceptors (Lipinski definition) is 4. The zero-order valence-electron chi connectivity index (χ0n) is 14.3. The molecular formula is C19H17Cl2N3O2S. The molecule has 3 aromatic rings. The highest BCUT2D eigenvalue weighted by Gasteiger charge is 2.25. The summed E-state index contributed by atoms with van der Waals surface area (Å²) in [6, 6.07) is 10.9. The largest absolute Gasteiger partial charge is 0.393 e. The van der Waals surface area contributed by atoms with Crippen LogP contribution in [0.5, 0.6) is 0 Å². The highest BCUT2D eigenvalue weighted by Crippen LogP contribution is 2.30. The van der Waals surface area contributed by atoms with Gasteiger partial charge < -0.3 is 10.0 Å². The molecule has 1 amide bonds. The number of carbonyl (C=O) groups excluding carboxylic acids is 1. The minimum Gasteiger partial charge on any atom is -0.393 e. The van der Waals surface area contributed by atoms with E-state index in [2.05, 4.69) is 5.10 Å². The van der Waals surface area contributed by atoms with Crippen LogP contribution in [0.15, 0.2) is 41.8 Å². The van der Waals surface area contributed by atoms with Gasteiger partial charge in [0.05, 0.1) is 22.4 Å². The second kappa shape index (κ2) is 7.64. The van der Waals surface area contributed by atoms with E-state index in [0.717, 1.165) is 10.6 Å². The first-order valence-corrected chi connectivity index (χ1v) is 10.2. The Morgan fingerprint density at radius 3 is 2.48 bits per heavy atom. The van der Waals surface area contributed by atoms with Crippen LogP contribution >= 0.6 is 34.5 Å². The lowest BCUT2D eigenvalue weighted by atomic mass is 10.1. The number of amides is 1. The molecule has 1 aromatic carbocycles. The van der Waals surface area contributed by atoms with Crippen molar-refractivity contribution in [1.82, 2.24) is 14.7 Å². The molecule has 0 unspecified atom stereocenters. The maximum Gasteiger partial charge on any atom is 0.274 e. The van der Waals surface area contributed by atoms with Gasteiger partial charge in [0.1, 0.15) is 0 Å². The van der Waals surface area contributed by atoms with Crippen molar-refractivity contribution >= 4 is 40.4 Å². The molecule has 27 heavy (non-hydrogen) atoms. The quantitative estimate of drug-likeness (QED) is 0.676. The third kappa shape index (κ3) is 3.89. The average molecular weight is 422 g/mol. The Kier molecular flexibility index (Phi) is 5.23. The summed E-state index contributed by atoms with van der Waals surface area (Å²) in [5, 5.41) is 17.2. The van der Waals surface area contributed by atoms with Crippen molar-refractivity contribution in [1.29, 1.82) is 0 Å². The molecule has 4 rings (SSSR count). The van der Waals surface area contributed by atoms with Gasteiger partial charge in [-0.3, -0.25) is 4.79 Å². The summed E-state index contributed by atoms with van der Waals surface area (Å²) < 4.78 is 1.70. The van der Waals surface area contributed by atoms with Crippen molar-refractivity contribution in [2.75, 3.05) is 13.1 Å². The summed E-state index contributed by atoms with van der Waals surface area (Å²) in [6.07, 6.45) is 0.851. The normalized spacial score (nSPS) is 15.3. The Morgan fingerprint density at radius 2 is 1.85 bits per heavy atom. The molecule has 1 aliphatic rings. The minimum atomic E-state index is -0.332. The number of hydrogen-bond donors (Lipinski definition) is 1. The fourth-order valence-corrected chi connectivity index (χ4v) is 4.42. The summed E-state index contributed by atoms with van der Waals surface area (Å²) in [5.74, 6) is -0.133. The zero-order valence-corrected chi connectivity index (χ0v) is 16.6. The van der Waals surface area contributed by atoms with Crippen LogP contribution in [0.2, 0.25) is 10.0 Å². The molecule has 0 saturated carbocycles.